The van der Waals surface area contributed by atoms with Crippen molar-refractivity contribution in [1.82, 2.24) is 0 Å². The topological polar surface area (TPSA) is 9.23 Å². The monoisotopic (exact) mass is 665 g/mol. The lowest BCUT2D eigenvalue weighted by molar-refractivity contribution is -0.125. The van der Waals surface area contributed by atoms with Crippen LogP contribution in [0.4, 0.5) is 0 Å². The lowest BCUT2D eigenvalue weighted by Gasteiger charge is -2.61. The zero-order valence-corrected chi connectivity index (χ0v) is 31.3. The molecule has 0 amide bonds. The number of allylic oxidation sites excluding steroid dienone is 6. The second-order valence-corrected chi connectivity index (χ2v) is 20.3. The normalized spacial score (nSPS) is 52.6. The molecule has 14 unspecified atom stereocenters. The molecule has 7 fully saturated rings. The second-order valence-electron chi connectivity index (χ2n) is 20.3. The van der Waals surface area contributed by atoms with Crippen LogP contribution in [0.2, 0.25) is 0 Å². The molecule has 1 heteroatoms. The summed E-state index contributed by atoms with van der Waals surface area (Å²) in [6.07, 6.45) is 52.0. The van der Waals surface area contributed by atoms with Crippen molar-refractivity contribution in [3.63, 3.8) is 0 Å². The maximum Gasteiger partial charge on any atom is 0.0611 e. The van der Waals surface area contributed by atoms with Gasteiger partial charge in [0, 0.05) is 0 Å². The van der Waals surface area contributed by atoms with Gasteiger partial charge in [0.25, 0.3) is 0 Å². The van der Waals surface area contributed by atoms with Crippen molar-refractivity contribution in [2.24, 2.45) is 88.8 Å². The number of hydrogen-bond acceptors (Lipinski definition) is 1. The summed E-state index contributed by atoms with van der Waals surface area (Å²) >= 11 is 0. The van der Waals surface area contributed by atoms with Crippen LogP contribution in [-0.4, -0.2) is 12.2 Å². The zero-order valence-electron chi connectivity index (χ0n) is 31.3. The van der Waals surface area contributed by atoms with E-state index in [2.05, 4.69) is 30.4 Å². The van der Waals surface area contributed by atoms with E-state index in [1.807, 2.05) is 5.57 Å². The summed E-state index contributed by atoms with van der Waals surface area (Å²) in [5, 5.41) is 0. The quantitative estimate of drug-likeness (QED) is 0.272. The Hall–Kier alpha value is -0.820. The molecule has 0 bridgehead atoms. The van der Waals surface area contributed by atoms with E-state index in [9.17, 15) is 0 Å². The van der Waals surface area contributed by atoms with Crippen LogP contribution < -0.4 is 0 Å². The molecule has 0 aromatic carbocycles. The van der Waals surface area contributed by atoms with Gasteiger partial charge in [0.1, 0.15) is 0 Å². The molecule has 6 saturated carbocycles. The Labute approximate surface area is 301 Å². The third-order valence-electron chi connectivity index (χ3n) is 18.4. The average Bonchev–Trinajstić information content (AvgIpc) is 3.55. The SMILES string of the molecule is C1=CC2CCC(C3C=CCC(C4C5CCCCC5C(C5CCCCC5C5CCC6OC7CCCCC7C6C5)C5CCCCC54)C3)=C[C@@H]2CC1. The first kappa shape index (κ1) is 32.8. The highest BCUT2D eigenvalue weighted by Gasteiger charge is 2.57. The Morgan fingerprint density at radius 2 is 1.08 bits per heavy atom. The zero-order chi connectivity index (χ0) is 32.3. The van der Waals surface area contributed by atoms with Crippen LogP contribution in [0.25, 0.3) is 0 Å². The van der Waals surface area contributed by atoms with Crippen LogP contribution in [-0.2, 0) is 4.74 Å². The van der Waals surface area contributed by atoms with Gasteiger partial charge >= 0.3 is 0 Å². The molecule has 270 valence electrons. The highest BCUT2D eigenvalue weighted by molar-refractivity contribution is 5.23. The van der Waals surface area contributed by atoms with Gasteiger partial charge in [0.15, 0.2) is 0 Å². The second kappa shape index (κ2) is 14.2. The molecule has 1 aliphatic heterocycles. The van der Waals surface area contributed by atoms with Gasteiger partial charge in [-0.2, -0.15) is 0 Å². The van der Waals surface area contributed by atoms with Gasteiger partial charge < -0.3 is 4.74 Å². The summed E-state index contributed by atoms with van der Waals surface area (Å²) in [5.41, 5.74) is 1.86. The van der Waals surface area contributed by atoms with Gasteiger partial charge in [-0.15, -0.1) is 0 Å². The molecule has 1 saturated heterocycles. The van der Waals surface area contributed by atoms with Crippen LogP contribution in [0.15, 0.2) is 36.0 Å². The summed E-state index contributed by atoms with van der Waals surface area (Å²) in [6.45, 7) is 0. The van der Waals surface area contributed by atoms with Gasteiger partial charge in [-0.3, -0.25) is 0 Å². The van der Waals surface area contributed by atoms with Crippen molar-refractivity contribution < 1.29 is 4.74 Å². The summed E-state index contributed by atoms with van der Waals surface area (Å²) in [6, 6.07) is 0. The third kappa shape index (κ3) is 6.05. The van der Waals surface area contributed by atoms with Crippen molar-refractivity contribution in [1.29, 1.82) is 0 Å². The molecule has 0 radical (unpaired) electrons. The van der Waals surface area contributed by atoms with Crippen LogP contribution >= 0.6 is 0 Å². The third-order valence-corrected chi connectivity index (χ3v) is 18.4. The largest absolute Gasteiger partial charge is 0.374 e. The Morgan fingerprint density at radius 3 is 1.84 bits per heavy atom. The average molecular weight is 665 g/mol. The van der Waals surface area contributed by atoms with Crippen molar-refractivity contribution in [2.75, 3.05) is 0 Å². The van der Waals surface area contributed by atoms with E-state index in [1.54, 1.807) is 64.2 Å². The highest BCUT2D eigenvalue weighted by Crippen LogP contribution is 2.64. The minimum absolute atomic E-state index is 0.631. The van der Waals surface area contributed by atoms with Crippen LogP contribution in [0, 0.1) is 88.8 Å². The number of rotatable bonds is 4. The van der Waals surface area contributed by atoms with E-state index in [0.717, 1.165) is 88.8 Å². The fraction of sp³-hybridized carbons (Fsp3) is 0.875. The maximum atomic E-state index is 6.82. The Morgan fingerprint density at radius 1 is 0.449 bits per heavy atom. The number of fused-ring (bicyclic) bond motifs is 6. The first-order chi connectivity index (χ1) is 24.3. The van der Waals surface area contributed by atoms with Crippen LogP contribution in [0.5, 0.6) is 0 Å². The number of hydrogen-bond donors (Lipinski definition) is 0. The van der Waals surface area contributed by atoms with Gasteiger partial charge in [-0.1, -0.05) is 87.3 Å². The van der Waals surface area contributed by atoms with E-state index >= 15 is 0 Å². The predicted molar refractivity (Wildman–Crippen MR) is 203 cm³/mol. The maximum absolute atomic E-state index is 6.82. The molecule has 0 aromatic heterocycles. The lowest BCUT2D eigenvalue weighted by Crippen LogP contribution is -2.55. The van der Waals surface area contributed by atoms with E-state index in [-0.39, 0.29) is 0 Å². The van der Waals surface area contributed by atoms with Gasteiger partial charge in [-0.05, 0) is 198 Å². The smallest absolute Gasteiger partial charge is 0.0611 e. The molecule has 10 aliphatic rings. The van der Waals surface area contributed by atoms with Crippen LogP contribution in [0.1, 0.15) is 161 Å². The lowest BCUT2D eigenvalue weighted by atomic mass is 9.44. The molecule has 0 spiro atoms. The van der Waals surface area contributed by atoms with Gasteiger partial charge in [0.05, 0.1) is 12.2 Å². The Kier molecular flexibility index (Phi) is 9.50. The van der Waals surface area contributed by atoms with E-state index in [0.29, 0.717) is 12.2 Å². The van der Waals surface area contributed by atoms with Gasteiger partial charge in [0.2, 0.25) is 0 Å². The minimum atomic E-state index is 0.631. The molecular formula is C48H72O. The summed E-state index contributed by atoms with van der Waals surface area (Å²) in [5.74, 6) is 14.7. The molecule has 10 rings (SSSR count). The summed E-state index contributed by atoms with van der Waals surface area (Å²) in [4.78, 5) is 0. The fourth-order valence-electron chi connectivity index (χ4n) is 16.7. The van der Waals surface area contributed by atoms with E-state index < -0.39 is 0 Å². The molecule has 15 atom stereocenters. The molecule has 1 heterocycles. The molecule has 9 aliphatic carbocycles. The minimum Gasteiger partial charge on any atom is -0.374 e. The van der Waals surface area contributed by atoms with Crippen molar-refractivity contribution >= 4 is 0 Å². The Balaban J connectivity index is 0.911. The van der Waals surface area contributed by atoms with E-state index in [4.69, 9.17) is 4.74 Å². The van der Waals surface area contributed by atoms with Crippen molar-refractivity contribution in [2.45, 2.75) is 173 Å². The van der Waals surface area contributed by atoms with Crippen molar-refractivity contribution in [3.8, 4) is 0 Å². The first-order valence-corrected chi connectivity index (χ1v) is 23.0. The number of ether oxygens (including phenoxy) is 1. The predicted octanol–water partition coefficient (Wildman–Crippen LogP) is 12.9. The van der Waals surface area contributed by atoms with Crippen molar-refractivity contribution in [3.05, 3.63) is 36.0 Å². The summed E-state index contributed by atoms with van der Waals surface area (Å²) < 4.78 is 6.82. The standard InChI is InChI=1S/C48H72O/c1-2-13-32-28-34(25-24-31(32)12-1)33-14-11-15-36(29-33)47-40-19-5-7-21-42(40)48(43-22-8-6-20-41(43)47)39-18-4-3-16-37(39)35-26-27-46-44(30-35)38-17-9-10-23-45(38)49-46/h1,11-12,14,28,31-33,35-48H,2-10,13,15-27,29-30H2/t31?,32-,33?,35?,36?,37?,38?,39?,40?,41?,42?,43?,44?,45?,46?,47?,48?/m0/s1. The fourth-order valence-corrected chi connectivity index (χ4v) is 16.7. The molecular weight excluding hydrogens is 593 g/mol. The van der Waals surface area contributed by atoms with Crippen LogP contribution in [0.3, 0.4) is 0 Å². The van der Waals surface area contributed by atoms with Gasteiger partial charge in [-0.25, -0.2) is 0 Å². The molecule has 49 heavy (non-hydrogen) atoms. The molecule has 0 aromatic rings. The summed E-state index contributed by atoms with van der Waals surface area (Å²) in [7, 11) is 0. The highest BCUT2D eigenvalue weighted by atomic mass is 16.5. The molecule has 0 N–H and O–H groups in total. The first-order valence-electron chi connectivity index (χ1n) is 23.0. The van der Waals surface area contributed by atoms with E-state index in [1.165, 1.54) is 96.3 Å². The molecule has 1 nitrogen and oxygen atoms in total. The Bertz CT molecular complexity index is 1220.